The Balaban J connectivity index is 2.48. The van der Waals surface area contributed by atoms with Crippen LogP contribution in [0.3, 0.4) is 0 Å². The molecule has 2 N–H and O–H groups in total. The van der Waals surface area contributed by atoms with E-state index in [1.807, 2.05) is 0 Å². The number of hydrogen-bond acceptors (Lipinski definition) is 3. The lowest BCUT2D eigenvalue weighted by molar-refractivity contribution is 0.423. The minimum absolute atomic E-state index is 0.132. The van der Waals surface area contributed by atoms with E-state index in [0.717, 1.165) is 31.7 Å². The highest BCUT2D eigenvalue weighted by atomic mass is 32.2. The molecule has 0 bridgehead atoms. The van der Waals surface area contributed by atoms with Gasteiger partial charge >= 0.3 is 0 Å². The summed E-state index contributed by atoms with van der Waals surface area (Å²) in [4.78, 5) is -0.372. The molecule has 0 aromatic heterocycles. The SMILES string of the molecule is NC(=S)c1c(F)cccc1S(=O)(=O)N1CCCCCC1. The van der Waals surface area contributed by atoms with Crippen molar-refractivity contribution in [1.29, 1.82) is 0 Å². The quantitative estimate of drug-likeness (QED) is 0.867. The van der Waals surface area contributed by atoms with Gasteiger partial charge in [0.05, 0.1) is 10.5 Å². The Kier molecular flexibility index (Phi) is 4.72. The molecule has 1 fully saturated rings. The van der Waals surface area contributed by atoms with E-state index in [-0.39, 0.29) is 15.4 Å². The van der Waals surface area contributed by atoms with Gasteiger partial charge in [-0.05, 0) is 25.0 Å². The van der Waals surface area contributed by atoms with E-state index < -0.39 is 15.8 Å². The minimum atomic E-state index is -3.76. The van der Waals surface area contributed by atoms with Gasteiger partial charge in [0, 0.05) is 13.1 Å². The van der Waals surface area contributed by atoms with E-state index in [2.05, 4.69) is 0 Å². The molecule has 1 aliphatic rings. The van der Waals surface area contributed by atoms with Crippen molar-refractivity contribution < 1.29 is 12.8 Å². The average molecular weight is 316 g/mol. The van der Waals surface area contributed by atoms with E-state index in [4.69, 9.17) is 18.0 Å². The van der Waals surface area contributed by atoms with Gasteiger partial charge in [-0.25, -0.2) is 12.8 Å². The second-order valence-corrected chi connectivity index (χ2v) is 7.14. The standard InChI is InChI=1S/C13H17FN2O2S2/c14-10-6-5-7-11(12(10)13(15)19)20(17,18)16-8-3-1-2-4-9-16/h5-7H,1-4,8-9H2,(H2,15,19). The van der Waals surface area contributed by atoms with Gasteiger partial charge in [0.25, 0.3) is 0 Å². The van der Waals surface area contributed by atoms with E-state index in [9.17, 15) is 12.8 Å². The van der Waals surface area contributed by atoms with Crippen molar-refractivity contribution in [2.24, 2.45) is 5.73 Å². The van der Waals surface area contributed by atoms with E-state index in [0.29, 0.717) is 13.1 Å². The fraction of sp³-hybridized carbons (Fsp3) is 0.462. The Morgan fingerprint density at radius 2 is 1.80 bits per heavy atom. The van der Waals surface area contributed by atoms with Crippen LogP contribution < -0.4 is 5.73 Å². The molecular weight excluding hydrogens is 299 g/mol. The van der Waals surface area contributed by atoms with Crippen molar-refractivity contribution in [2.75, 3.05) is 13.1 Å². The molecule has 2 rings (SSSR count). The third-order valence-corrected chi connectivity index (χ3v) is 5.55. The van der Waals surface area contributed by atoms with Crippen molar-refractivity contribution >= 4 is 27.2 Å². The number of nitrogens with zero attached hydrogens (tertiary/aromatic N) is 1. The second-order valence-electron chi connectivity index (χ2n) is 4.80. The van der Waals surface area contributed by atoms with Crippen molar-refractivity contribution in [3.63, 3.8) is 0 Å². The first kappa shape index (κ1) is 15.3. The highest BCUT2D eigenvalue weighted by molar-refractivity contribution is 7.89. The number of nitrogens with two attached hydrogens (primary N) is 1. The summed E-state index contributed by atoms with van der Waals surface area (Å²) in [6.45, 7) is 0.908. The first-order valence-electron chi connectivity index (χ1n) is 6.53. The molecule has 4 nitrogen and oxygen atoms in total. The molecule has 1 aromatic rings. The minimum Gasteiger partial charge on any atom is -0.389 e. The Hall–Kier alpha value is -1.05. The molecule has 1 heterocycles. The molecule has 0 spiro atoms. The summed E-state index contributed by atoms with van der Waals surface area (Å²) in [5.74, 6) is -0.701. The van der Waals surface area contributed by atoms with Gasteiger partial charge < -0.3 is 5.73 Å². The Labute approximate surface area is 123 Å². The first-order chi connectivity index (χ1) is 9.44. The third-order valence-electron chi connectivity index (χ3n) is 3.40. The van der Waals surface area contributed by atoms with Crippen LogP contribution in [0.2, 0.25) is 0 Å². The van der Waals surface area contributed by atoms with Crippen LogP contribution in [0.1, 0.15) is 31.2 Å². The number of halogens is 1. The van der Waals surface area contributed by atoms with E-state index in [1.54, 1.807) is 0 Å². The largest absolute Gasteiger partial charge is 0.389 e. The lowest BCUT2D eigenvalue weighted by Gasteiger charge is -2.21. The maximum Gasteiger partial charge on any atom is 0.243 e. The molecule has 0 saturated carbocycles. The Morgan fingerprint density at radius 3 is 2.35 bits per heavy atom. The molecular formula is C13H17FN2O2S2. The molecule has 1 aromatic carbocycles. The fourth-order valence-electron chi connectivity index (χ4n) is 2.38. The molecule has 0 amide bonds. The maximum atomic E-state index is 13.8. The molecule has 0 unspecified atom stereocenters. The van der Waals surface area contributed by atoms with Crippen LogP contribution in [0.5, 0.6) is 0 Å². The zero-order valence-corrected chi connectivity index (χ0v) is 12.6. The average Bonchev–Trinajstić information content (AvgIpc) is 2.67. The van der Waals surface area contributed by atoms with Crippen LogP contribution >= 0.6 is 12.2 Å². The van der Waals surface area contributed by atoms with Crippen molar-refractivity contribution in [3.05, 3.63) is 29.6 Å². The number of rotatable bonds is 3. The molecule has 20 heavy (non-hydrogen) atoms. The molecule has 0 atom stereocenters. The molecule has 7 heteroatoms. The van der Waals surface area contributed by atoms with Crippen LogP contribution in [0.25, 0.3) is 0 Å². The zero-order valence-electron chi connectivity index (χ0n) is 11.0. The molecule has 110 valence electrons. The predicted octanol–water partition coefficient (Wildman–Crippen LogP) is 2.02. The first-order valence-corrected chi connectivity index (χ1v) is 8.38. The highest BCUT2D eigenvalue weighted by Gasteiger charge is 2.29. The summed E-state index contributed by atoms with van der Waals surface area (Å²) in [5.41, 5.74) is 5.29. The monoisotopic (exact) mass is 316 g/mol. The van der Waals surface area contributed by atoms with Gasteiger partial charge in [0.15, 0.2) is 0 Å². The third kappa shape index (κ3) is 2.99. The summed E-state index contributed by atoms with van der Waals surface area (Å²) < 4.78 is 40.6. The van der Waals surface area contributed by atoms with Crippen molar-refractivity contribution in [3.8, 4) is 0 Å². The highest BCUT2D eigenvalue weighted by Crippen LogP contribution is 2.25. The van der Waals surface area contributed by atoms with Gasteiger partial charge in [-0.2, -0.15) is 4.31 Å². The number of sulfonamides is 1. The zero-order chi connectivity index (χ0) is 14.8. The molecule has 0 radical (unpaired) electrons. The summed E-state index contributed by atoms with van der Waals surface area (Å²) in [5, 5.41) is 0. The number of benzene rings is 1. The lowest BCUT2D eigenvalue weighted by atomic mass is 10.2. The fourth-order valence-corrected chi connectivity index (χ4v) is 4.38. The van der Waals surface area contributed by atoms with Crippen LogP contribution in [0.4, 0.5) is 4.39 Å². The smallest absolute Gasteiger partial charge is 0.243 e. The van der Waals surface area contributed by atoms with Gasteiger partial charge in [0.2, 0.25) is 10.0 Å². The van der Waals surface area contributed by atoms with Gasteiger partial charge in [0.1, 0.15) is 10.8 Å². The lowest BCUT2D eigenvalue weighted by Crippen LogP contribution is -2.33. The molecule has 0 aliphatic carbocycles. The number of hydrogen-bond donors (Lipinski definition) is 1. The van der Waals surface area contributed by atoms with Crippen molar-refractivity contribution in [1.82, 2.24) is 4.31 Å². The normalized spacial score (nSPS) is 17.6. The molecule has 1 saturated heterocycles. The van der Waals surface area contributed by atoms with E-state index >= 15 is 0 Å². The second kappa shape index (κ2) is 6.15. The molecule has 1 aliphatic heterocycles. The van der Waals surface area contributed by atoms with Gasteiger partial charge in [-0.1, -0.05) is 31.1 Å². The maximum absolute atomic E-state index is 13.8. The summed E-state index contributed by atoms with van der Waals surface area (Å²) >= 11 is 4.79. The van der Waals surface area contributed by atoms with Crippen LogP contribution in [-0.2, 0) is 10.0 Å². The van der Waals surface area contributed by atoms with Crippen LogP contribution in [0.15, 0.2) is 23.1 Å². The summed E-state index contributed by atoms with van der Waals surface area (Å²) in [6, 6.07) is 3.88. The predicted molar refractivity (Wildman–Crippen MR) is 79.5 cm³/mol. The Bertz CT molecular complexity index is 609. The van der Waals surface area contributed by atoms with Crippen molar-refractivity contribution in [2.45, 2.75) is 30.6 Å². The summed E-state index contributed by atoms with van der Waals surface area (Å²) in [7, 11) is -3.76. The summed E-state index contributed by atoms with van der Waals surface area (Å²) in [6.07, 6.45) is 3.66. The Morgan fingerprint density at radius 1 is 1.20 bits per heavy atom. The van der Waals surface area contributed by atoms with Gasteiger partial charge in [-0.15, -0.1) is 0 Å². The van der Waals surface area contributed by atoms with E-state index in [1.165, 1.54) is 16.4 Å². The topological polar surface area (TPSA) is 63.4 Å². The van der Waals surface area contributed by atoms with Crippen LogP contribution in [-0.4, -0.2) is 30.8 Å². The number of thiocarbonyl (C=S) groups is 1. The van der Waals surface area contributed by atoms with Gasteiger partial charge in [-0.3, -0.25) is 0 Å². The van der Waals surface area contributed by atoms with Crippen LogP contribution in [0, 0.1) is 5.82 Å².